The molecule has 226 valence electrons. The summed E-state index contributed by atoms with van der Waals surface area (Å²) in [6.07, 6.45) is 2.28. The molecule has 0 spiro atoms. The third-order valence-corrected chi connectivity index (χ3v) is 6.99. The zero-order valence-electron chi connectivity index (χ0n) is 24.0. The fraction of sp³-hybridized carbons (Fsp3) is 0.323. The number of anilines is 3. The molecule has 2 aromatic carbocycles. The van der Waals surface area contributed by atoms with Crippen LogP contribution in [0.15, 0.2) is 60.8 Å². The molecular formula is C31H35N5O7. The molecule has 4 rings (SSSR count). The first kappa shape index (κ1) is 31.0. The third kappa shape index (κ3) is 9.01. The summed E-state index contributed by atoms with van der Waals surface area (Å²) in [6, 6.07) is 14.4. The summed E-state index contributed by atoms with van der Waals surface area (Å²) in [7, 11) is 1.47. The summed E-state index contributed by atoms with van der Waals surface area (Å²) < 4.78 is 10.7. The van der Waals surface area contributed by atoms with Crippen LogP contribution < -0.4 is 26.0 Å². The Balaban J connectivity index is 1.34. The Labute approximate surface area is 249 Å². The number of rotatable bonds is 11. The fourth-order valence-corrected chi connectivity index (χ4v) is 4.67. The van der Waals surface area contributed by atoms with Crippen molar-refractivity contribution in [3.63, 3.8) is 0 Å². The van der Waals surface area contributed by atoms with Gasteiger partial charge in [-0.1, -0.05) is 24.3 Å². The monoisotopic (exact) mass is 589 g/mol. The molecule has 1 aromatic heterocycles. The van der Waals surface area contributed by atoms with Crippen LogP contribution in [0.1, 0.15) is 42.1 Å². The van der Waals surface area contributed by atoms with Gasteiger partial charge in [-0.3, -0.25) is 19.4 Å². The number of carboxylic acids is 1. The van der Waals surface area contributed by atoms with Crippen molar-refractivity contribution in [2.45, 2.75) is 38.6 Å². The highest BCUT2D eigenvalue weighted by Gasteiger charge is 2.26. The summed E-state index contributed by atoms with van der Waals surface area (Å²) in [5.74, 6) is -1.45. The van der Waals surface area contributed by atoms with Crippen LogP contribution in [0.25, 0.3) is 0 Å². The van der Waals surface area contributed by atoms with Crippen molar-refractivity contribution in [1.82, 2.24) is 10.3 Å². The number of nitrogens with zero attached hydrogens (tertiary/aromatic N) is 1. The molecule has 0 radical (unpaired) electrons. The zero-order valence-corrected chi connectivity index (χ0v) is 24.0. The van der Waals surface area contributed by atoms with Crippen molar-refractivity contribution in [3.05, 3.63) is 77.6 Å². The van der Waals surface area contributed by atoms with Crippen molar-refractivity contribution in [1.29, 1.82) is 0 Å². The Kier molecular flexibility index (Phi) is 10.6. The van der Waals surface area contributed by atoms with Crippen LogP contribution in [0.5, 0.6) is 5.75 Å². The number of ether oxygens (including phenoxy) is 2. The molecule has 0 aliphatic carbocycles. The van der Waals surface area contributed by atoms with Crippen LogP contribution in [0.4, 0.5) is 21.9 Å². The minimum atomic E-state index is -1.07. The molecule has 43 heavy (non-hydrogen) atoms. The molecule has 2 heterocycles. The zero-order chi connectivity index (χ0) is 30.8. The molecule has 1 aliphatic rings. The van der Waals surface area contributed by atoms with Gasteiger partial charge in [-0.2, -0.15) is 0 Å². The number of benzene rings is 2. The quantitative estimate of drug-likeness (QED) is 0.221. The van der Waals surface area contributed by atoms with Crippen LogP contribution in [0, 0.1) is 12.8 Å². The van der Waals surface area contributed by atoms with Gasteiger partial charge in [0.2, 0.25) is 11.8 Å². The van der Waals surface area contributed by atoms with Gasteiger partial charge in [0.05, 0.1) is 49.3 Å². The fourth-order valence-electron chi connectivity index (χ4n) is 4.67. The van der Waals surface area contributed by atoms with E-state index < -0.39 is 18.0 Å². The van der Waals surface area contributed by atoms with Gasteiger partial charge >= 0.3 is 12.0 Å². The number of carboxylic acid groups (broad SMARTS) is 1. The second kappa shape index (κ2) is 14.8. The van der Waals surface area contributed by atoms with E-state index in [4.69, 9.17) is 9.47 Å². The van der Waals surface area contributed by atoms with Gasteiger partial charge in [0.1, 0.15) is 5.75 Å². The summed E-state index contributed by atoms with van der Waals surface area (Å²) in [5, 5.41) is 20.5. The third-order valence-electron chi connectivity index (χ3n) is 6.99. The van der Waals surface area contributed by atoms with E-state index in [1.165, 1.54) is 13.3 Å². The molecule has 4 amide bonds. The average molecular weight is 590 g/mol. The molecule has 12 nitrogen and oxygen atoms in total. The number of amides is 4. The maximum Gasteiger partial charge on any atom is 0.323 e. The lowest BCUT2D eigenvalue weighted by molar-refractivity contribution is -0.138. The van der Waals surface area contributed by atoms with Gasteiger partial charge in [0.15, 0.2) is 0 Å². The van der Waals surface area contributed by atoms with Gasteiger partial charge in [-0.25, -0.2) is 4.79 Å². The van der Waals surface area contributed by atoms with Crippen molar-refractivity contribution >= 4 is 40.9 Å². The summed E-state index contributed by atoms with van der Waals surface area (Å²) in [4.78, 5) is 53.7. The number of pyridine rings is 1. The normalized spacial score (nSPS) is 13.8. The Morgan fingerprint density at radius 1 is 1.00 bits per heavy atom. The first-order chi connectivity index (χ1) is 20.7. The minimum absolute atomic E-state index is 0.0244. The van der Waals surface area contributed by atoms with E-state index >= 15 is 0 Å². The smallest absolute Gasteiger partial charge is 0.323 e. The van der Waals surface area contributed by atoms with E-state index in [0.29, 0.717) is 60.1 Å². The molecule has 0 saturated carbocycles. The van der Waals surface area contributed by atoms with Gasteiger partial charge in [-0.15, -0.1) is 0 Å². The predicted octanol–water partition coefficient (Wildman–Crippen LogP) is 4.28. The van der Waals surface area contributed by atoms with Crippen LogP contribution in [-0.2, 0) is 25.5 Å². The second-order valence-corrected chi connectivity index (χ2v) is 10.2. The number of carbonyl (C=O) groups excluding carboxylic acids is 3. The Morgan fingerprint density at radius 2 is 1.74 bits per heavy atom. The Bertz CT molecular complexity index is 1460. The summed E-state index contributed by atoms with van der Waals surface area (Å²) in [5.41, 5.74) is 3.50. The van der Waals surface area contributed by atoms with Crippen LogP contribution in [0.3, 0.4) is 0 Å². The maximum absolute atomic E-state index is 12.8. The summed E-state index contributed by atoms with van der Waals surface area (Å²) in [6.45, 7) is 2.88. The van der Waals surface area contributed by atoms with E-state index in [0.717, 1.165) is 5.56 Å². The molecule has 3 aromatic rings. The number of nitrogens with one attached hydrogen (secondary N) is 4. The van der Waals surface area contributed by atoms with Gasteiger partial charge in [0.25, 0.3) is 0 Å². The average Bonchev–Trinajstić information content (AvgIpc) is 2.99. The standard InChI is InChI=1S/C31H35N5O7/c1-19-5-3-4-6-23(19)35-31(41)36-25-9-7-20(15-27(25)42-2)16-28(37)33-22-8-10-24(32-18-22)26(17-29(38)39)34-30(40)21-11-13-43-14-12-21/h3-10,15,18,21,26H,11-14,16-17H2,1-2H3,(H,33,37)(H,34,40)(H,38,39)(H2,35,36,41). The van der Waals surface area contributed by atoms with Crippen molar-refractivity contribution in [2.75, 3.05) is 36.3 Å². The van der Waals surface area contributed by atoms with E-state index in [1.807, 2.05) is 25.1 Å². The number of aryl methyl sites for hydroxylation is 1. The predicted molar refractivity (Wildman–Crippen MR) is 160 cm³/mol. The highest BCUT2D eigenvalue weighted by Crippen LogP contribution is 2.27. The van der Waals surface area contributed by atoms with E-state index in [2.05, 4.69) is 26.3 Å². The SMILES string of the molecule is COc1cc(CC(=O)Nc2ccc(C(CC(=O)O)NC(=O)C3CCOCC3)nc2)ccc1NC(=O)Nc1ccccc1C. The van der Waals surface area contributed by atoms with Gasteiger partial charge < -0.3 is 35.8 Å². The summed E-state index contributed by atoms with van der Waals surface area (Å²) >= 11 is 0. The van der Waals surface area contributed by atoms with E-state index in [9.17, 15) is 24.3 Å². The van der Waals surface area contributed by atoms with Gasteiger partial charge in [0, 0.05) is 24.8 Å². The van der Waals surface area contributed by atoms with E-state index in [-0.39, 0.29) is 30.6 Å². The second-order valence-electron chi connectivity index (χ2n) is 10.2. The lowest BCUT2D eigenvalue weighted by Crippen LogP contribution is -2.37. The molecule has 0 bridgehead atoms. The lowest BCUT2D eigenvalue weighted by Gasteiger charge is -2.24. The van der Waals surface area contributed by atoms with Crippen LogP contribution in [0.2, 0.25) is 0 Å². The molecule has 1 unspecified atom stereocenters. The van der Waals surface area contributed by atoms with Gasteiger partial charge in [-0.05, 0) is 61.2 Å². The minimum Gasteiger partial charge on any atom is -0.495 e. The number of aliphatic carboxylic acids is 1. The molecular weight excluding hydrogens is 554 g/mol. The molecule has 1 fully saturated rings. The number of para-hydroxylation sites is 1. The number of hydrogen-bond donors (Lipinski definition) is 5. The topological polar surface area (TPSA) is 168 Å². The molecule has 1 atom stereocenters. The molecule has 1 saturated heterocycles. The van der Waals surface area contributed by atoms with Crippen LogP contribution >= 0.6 is 0 Å². The number of aromatic nitrogens is 1. The first-order valence-electron chi connectivity index (χ1n) is 13.9. The lowest BCUT2D eigenvalue weighted by atomic mass is 9.98. The Hall–Kier alpha value is -4.97. The molecule has 5 N–H and O–H groups in total. The molecule has 1 aliphatic heterocycles. The first-order valence-corrected chi connectivity index (χ1v) is 13.9. The molecule has 12 heteroatoms. The number of hydrogen-bond acceptors (Lipinski definition) is 7. The van der Waals surface area contributed by atoms with Crippen LogP contribution in [-0.4, -0.2) is 54.2 Å². The number of methoxy groups -OCH3 is 1. The maximum atomic E-state index is 12.8. The highest BCUT2D eigenvalue weighted by atomic mass is 16.5. The number of urea groups is 1. The highest BCUT2D eigenvalue weighted by molar-refractivity contribution is 6.01. The van der Waals surface area contributed by atoms with Crippen molar-refractivity contribution < 1.29 is 33.8 Å². The number of carbonyl (C=O) groups is 4. The Morgan fingerprint density at radius 3 is 2.42 bits per heavy atom. The van der Waals surface area contributed by atoms with Crippen molar-refractivity contribution in [2.24, 2.45) is 5.92 Å². The van der Waals surface area contributed by atoms with E-state index in [1.54, 1.807) is 36.4 Å². The largest absolute Gasteiger partial charge is 0.495 e. The van der Waals surface area contributed by atoms with Crippen molar-refractivity contribution in [3.8, 4) is 5.75 Å².